The van der Waals surface area contributed by atoms with Crippen LogP contribution in [0.4, 0.5) is 13.2 Å². The largest absolute Gasteiger partial charge is 0.389 e. The number of rotatable bonds is 2. The van der Waals surface area contributed by atoms with Gasteiger partial charge in [-0.05, 0) is 13.3 Å². The Hall–Kier alpha value is -0.540. The highest BCUT2D eigenvalue weighted by molar-refractivity contribution is 5.78. The molecule has 0 aromatic carbocycles. The lowest BCUT2D eigenvalue weighted by atomic mass is 10.2. The molecule has 0 heterocycles. The van der Waals surface area contributed by atoms with Crippen molar-refractivity contribution in [2.75, 3.05) is 0 Å². The maximum Gasteiger partial charge on any atom is 0.389 e. The van der Waals surface area contributed by atoms with E-state index in [1.165, 1.54) is 6.92 Å². The van der Waals surface area contributed by atoms with E-state index in [1.807, 2.05) is 0 Å². The minimum absolute atomic E-state index is 0.0762. The molecule has 0 aromatic heterocycles. The molecule has 1 N–H and O–H groups in total. The molecule has 0 unspecified atom stereocenters. The van der Waals surface area contributed by atoms with Crippen molar-refractivity contribution in [3.8, 4) is 0 Å². The Morgan fingerprint density at radius 2 is 1.89 bits per heavy atom. The lowest BCUT2D eigenvalue weighted by molar-refractivity contribution is -0.132. The second kappa shape index (κ2) is 2.85. The van der Waals surface area contributed by atoms with E-state index in [9.17, 15) is 13.2 Å². The molecule has 0 aliphatic heterocycles. The first-order valence-electron chi connectivity index (χ1n) is 2.52. The van der Waals surface area contributed by atoms with Crippen molar-refractivity contribution in [1.82, 2.24) is 0 Å². The zero-order valence-electron chi connectivity index (χ0n) is 5.05. The Bertz CT molecular complexity index is 105. The van der Waals surface area contributed by atoms with Crippen LogP contribution in [0.1, 0.15) is 19.8 Å². The third-order valence-corrected chi connectivity index (χ3v) is 0.783. The van der Waals surface area contributed by atoms with Crippen LogP contribution in [0.15, 0.2) is 0 Å². The van der Waals surface area contributed by atoms with Gasteiger partial charge in [0.1, 0.15) is 0 Å². The molecule has 0 aliphatic carbocycles. The summed E-state index contributed by atoms with van der Waals surface area (Å²) in [4.78, 5) is 0. The van der Waals surface area contributed by atoms with Crippen LogP contribution in [-0.4, -0.2) is 11.9 Å². The fraction of sp³-hybridized carbons (Fsp3) is 0.800. The van der Waals surface area contributed by atoms with Crippen molar-refractivity contribution in [3.63, 3.8) is 0 Å². The Balaban J connectivity index is 3.39. The van der Waals surface area contributed by atoms with Crippen LogP contribution in [0.25, 0.3) is 0 Å². The van der Waals surface area contributed by atoms with E-state index < -0.39 is 12.6 Å². The van der Waals surface area contributed by atoms with Gasteiger partial charge in [-0.15, -0.1) is 0 Å². The monoisotopic (exact) mass is 139 g/mol. The van der Waals surface area contributed by atoms with Gasteiger partial charge in [0.2, 0.25) is 0 Å². The summed E-state index contributed by atoms with van der Waals surface area (Å²) in [6.45, 7) is 1.37. The summed E-state index contributed by atoms with van der Waals surface area (Å²) in [6.07, 6.45) is -5.16. The summed E-state index contributed by atoms with van der Waals surface area (Å²) >= 11 is 0. The summed E-state index contributed by atoms with van der Waals surface area (Å²) < 4.78 is 34.0. The lowest BCUT2D eigenvalue weighted by Gasteiger charge is -2.03. The second-order valence-corrected chi connectivity index (χ2v) is 1.90. The van der Waals surface area contributed by atoms with E-state index in [4.69, 9.17) is 5.41 Å². The first kappa shape index (κ1) is 8.46. The van der Waals surface area contributed by atoms with Gasteiger partial charge in [0, 0.05) is 12.1 Å². The minimum atomic E-state index is -4.11. The van der Waals surface area contributed by atoms with Crippen LogP contribution in [-0.2, 0) is 0 Å². The van der Waals surface area contributed by atoms with Crippen molar-refractivity contribution < 1.29 is 13.2 Å². The first-order chi connectivity index (χ1) is 3.92. The lowest BCUT2D eigenvalue weighted by Crippen LogP contribution is -2.08. The SMILES string of the molecule is CC(=N)CCC(F)(F)F. The fourth-order valence-corrected chi connectivity index (χ4v) is 0.329. The number of alkyl halides is 3. The Morgan fingerprint density at radius 1 is 1.44 bits per heavy atom. The van der Waals surface area contributed by atoms with Gasteiger partial charge in [-0.1, -0.05) is 0 Å². The number of halogens is 3. The van der Waals surface area contributed by atoms with Crippen molar-refractivity contribution in [2.45, 2.75) is 25.9 Å². The quantitative estimate of drug-likeness (QED) is 0.568. The van der Waals surface area contributed by atoms with E-state index in [2.05, 4.69) is 0 Å². The zero-order chi connectivity index (χ0) is 7.49. The molecular weight excluding hydrogens is 131 g/mol. The molecule has 9 heavy (non-hydrogen) atoms. The number of hydrogen-bond donors (Lipinski definition) is 1. The van der Waals surface area contributed by atoms with Crippen LogP contribution in [0.2, 0.25) is 0 Å². The van der Waals surface area contributed by atoms with Gasteiger partial charge >= 0.3 is 6.18 Å². The van der Waals surface area contributed by atoms with Gasteiger partial charge in [-0.2, -0.15) is 13.2 Å². The average molecular weight is 139 g/mol. The third kappa shape index (κ3) is 7.46. The molecule has 0 radical (unpaired) electrons. The molecule has 1 nitrogen and oxygen atoms in total. The minimum Gasteiger partial charge on any atom is -0.310 e. The van der Waals surface area contributed by atoms with Crippen LogP contribution in [0, 0.1) is 5.41 Å². The van der Waals surface area contributed by atoms with Crippen LogP contribution in [0.3, 0.4) is 0 Å². The van der Waals surface area contributed by atoms with E-state index in [-0.39, 0.29) is 12.1 Å². The predicted octanol–water partition coefficient (Wildman–Crippen LogP) is 2.37. The van der Waals surface area contributed by atoms with E-state index in [0.29, 0.717) is 0 Å². The van der Waals surface area contributed by atoms with Gasteiger partial charge in [-0.3, -0.25) is 0 Å². The molecule has 0 fully saturated rings. The fourth-order valence-electron chi connectivity index (χ4n) is 0.329. The van der Waals surface area contributed by atoms with Crippen molar-refractivity contribution in [2.24, 2.45) is 0 Å². The molecule has 0 saturated carbocycles. The topological polar surface area (TPSA) is 23.9 Å². The normalized spacial score (nSPS) is 11.6. The van der Waals surface area contributed by atoms with Gasteiger partial charge in [-0.25, -0.2) is 0 Å². The van der Waals surface area contributed by atoms with Crippen molar-refractivity contribution >= 4 is 5.71 Å². The maximum absolute atomic E-state index is 11.3. The Labute approximate surface area is 51.4 Å². The van der Waals surface area contributed by atoms with Gasteiger partial charge in [0.05, 0.1) is 0 Å². The van der Waals surface area contributed by atoms with Crippen molar-refractivity contribution in [3.05, 3.63) is 0 Å². The van der Waals surface area contributed by atoms with Crippen LogP contribution < -0.4 is 0 Å². The Morgan fingerprint density at radius 3 is 2.00 bits per heavy atom. The van der Waals surface area contributed by atoms with Gasteiger partial charge in [0.25, 0.3) is 0 Å². The van der Waals surface area contributed by atoms with Crippen molar-refractivity contribution in [1.29, 1.82) is 5.41 Å². The van der Waals surface area contributed by atoms with Gasteiger partial charge < -0.3 is 5.41 Å². The molecule has 4 heteroatoms. The number of nitrogens with one attached hydrogen (secondary N) is 1. The molecule has 0 atom stereocenters. The van der Waals surface area contributed by atoms with Crippen LogP contribution >= 0.6 is 0 Å². The molecular formula is C5H8F3N. The smallest absolute Gasteiger partial charge is 0.310 e. The molecule has 0 spiro atoms. The predicted molar refractivity (Wildman–Crippen MR) is 28.7 cm³/mol. The van der Waals surface area contributed by atoms with Crippen LogP contribution in [0.5, 0.6) is 0 Å². The Kier molecular flexibility index (Phi) is 2.67. The third-order valence-electron chi connectivity index (χ3n) is 0.783. The highest BCUT2D eigenvalue weighted by Gasteiger charge is 2.26. The second-order valence-electron chi connectivity index (χ2n) is 1.90. The highest BCUT2D eigenvalue weighted by atomic mass is 19.4. The standard InChI is InChI=1S/C5H8F3N/c1-4(9)2-3-5(6,7)8/h9H,2-3H2,1H3. The van der Waals surface area contributed by atoms with E-state index >= 15 is 0 Å². The first-order valence-corrected chi connectivity index (χ1v) is 2.52. The summed E-state index contributed by atoms with van der Waals surface area (Å²) in [5, 5.41) is 6.67. The summed E-state index contributed by atoms with van der Waals surface area (Å²) in [5.74, 6) is 0. The molecule has 54 valence electrons. The molecule has 0 rings (SSSR count). The molecule has 0 amide bonds. The molecule has 0 aromatic rings. The highest BCUT2D eigenvalue weighted by Crippen LogP contribution is 2.21. The number of hydrogen-bond acceptors (Lipinski definition) is 1. The van der Waals surface area contributed by atoms with E-state index in [1.54, 1.807) is 0 Å². The van der Waals surface area contributed by atoms with Gasteiger partial charge in [0.15, 0.2) is 0 Å². The summed E-state index contributed by atoms with van der Waals surface area (Å²) in [5.41, 5.74) is 0.0762. The maximum atomic E-state index is 11.3. The summed E-state index contributed by atoms with van der Waals surface area (Å²) in [7, 11) is 0. The molecule has 0 bridgehead atoms. The summed E-state index contributed by atoms with van der Waals surface area (Å²) in [6, 6.07) is 0. The van der Waals surface area contributed by atoms with E-state index in [0.717, 1.165) is 0 Å². The average Bonchev–Trinajstić information content (AvgIpc) is 1.59. The molecule has 0 aliphatic rings. The molecule has 0 saturated heterocycles. The zero-order valence-corrected chi connectivity index (χ0v) is 5.05.